The number of oxime groups is 1. The molecule has 0 spiro atoms. The summed E-state index contributed by atoms with van der Waals surface area (Å²) in [6.07, 6.45) is -3.40. The lowest BCUT2D eigenvalue weighted by atomic mass is 10.1. The quantitative estimate of drug-likeness (QED) is 0.254. The third-order valence-corrected chi connectivity index (χ3v) is 4.96. The normalized spacial score (nSPS) is 11.7. The van der Waals surface area contributed by atoms with Gasteiger partial charge in [-0.1, -0.05) is 57.2 Å². The van der Waals surface area contributed by atoms with E-state index in [2.05, 4.69) is 25.1 Å². The molecule has 1 aromatic heterocycles. The SMILES string of the molecule is O=C(NCC=NOCc1cc(Cl)c(Cl)cc1Cl)c1ccc(-c2noc(C(F)(F)F)n2)cc1. The molecule has 0 aliphatic rings. The first-order valence-corrected chi connectivity index (χ1v) is 9.85. The smallest absolute Gasteiger partial charge is 0.391 e. The highest BCUT2D eigenvalue weighted by molar-refractivity contribution is 6.43. The Labute approximate surface area is 194 Å². The second-order valence-electron chi connectivity index (χ2n) is 6.13. The standard InChI is InChI=1S/C19H12Cl3F3N4O3/c20-13-8-15(22)14(21)7-12(13)9-31-27-6-5-26-17(30)11-3-1-10(2-4-11)16-28-18(32-29-16)19(23,24)25/h1-4,6-8H,5,9H2,(H,26,30). The van der Waals surface area contributed by atoms with E-state index in [1.807, 2.05) is 0 Å². The zero-order valence-corrected chi connectivity index (χ0v) is 18.1. The van der Waals surface area contributed by atoms with E-state index in [0.717, 1.165) is 0 Å². The number of carbonyl (C=O) groups is 1. The number of hydrogen-bond acceptors (Lipinski definition) is 6. The molecule has 32 heavy (non-hydrogen) atoms. The van der Waals surface area contributed by atoms with Crippen molar-refractivity contribution in [1.82, 2.24) is 15.5 Å². The van der Waals surface area contributed by atoms with Crippen LogP contribution in [0.1, 0.15) is 21.8 Å². The number of carbonyl (C=O) groups excluding carboxylic acids is 1. The molecular formula is C19H12Cl3F3N4O3. The number of rotatable bonds is 7. The number of amides is 1. The average molecular weight is 508 g/mol. The van der Waals surface area contributed by atoms with E-state index in [1.54, 1.807) is 6.07 Å². The molecule has 1 N–H and O–H groups in total. The van der Waals surface area contributed by atoms with Crippen molar-refractivity contribution < 1.29 is 27.3 Å². The first kappa shape index (κ1) is 23.8. The van der Waals surface area contributed by atoms with E-state index in [-0.39, 0.29) is 30.1 Å². The lowest BCUT2D eigenvalue weighted by molar-refractivity contribution is -0.159. The van der Waals surface area contributed by atoms with Gasteiger partial charge in [-0.25, -0.2) is 0 Å². The summed E-state index contributed by atoms with van der Waals surface area (Å²) in [6.45, 7) is 0.114. The maximum atomic E-state index is 12.5. The molecule has 7 nitrogen and oxygen atoms in total. The van der Waals surface area contributed by atoms with E-state index in [0.29, 0.717) is 20.6 Å². The molecule has 0 radical (unpaired) electrons. The van der Waals surface area contributed by atoms with Crippen LogP contribution >= 0.6 is 34.8 Å². The number of benzene rings is 2. The maximum absolute atomic E-state index is 12.5. The minimum absolute atomic E-state index is 0.0494. The molecule has 0 atom stereocenters. The van der Waals surface area contributed by atoms with Crippen molar-refractivity contribution in [1.29, 1.82) is 0 Å². The molecule has 0 saturated carbocycles. The van der Waals surface area contributed by atoms with Gasteiger partial charge in [-0.2, -0.15) is 18.2 Å². The summed E-state index contributed by atoms with van der Waals surface area (Å²) in [6, 6.07) is 8.68. The van der Waals surface area contributed by atoms with Crippen LogP contribution in [0.4, 0.5) is 13.2 Å². The molecule has 3 aromatic rings. The molecule has 0 bridgehead atoms. The predicted octanol–water partition coefficient (Wildman–Crippen LogP) is 5.65. The summed E-state index contributed by atoms with van der Waals surface area (Å²) >= 11 is 17.8. The number of aromatic nitrogens is 2. The molecule has 3 rings (SSSR count). The summed E-state index contributed by atoms with van der Waals surface area (Å²) < 4.78 is 41.8. The van der Waals surface area contributed by atoms with Crippen LogP contribution in [0.5, 0.6) is 0 Å². The number of nitrogens with one attached hydrogen (secondary N) is 1. The van der Waals surface area contributed by atoms with Crippen LogP contribution in [-0.2, 0) is 17.6 Å². The summed E-state index contributed by atoms with van der Waals surface area (Å²) in [5.74, 6) is -2.12. The zero-order chi connectivity index (χ0) is 23.3. The van der Waals surface area contributed by atoms with E-state index >= 15 is 0 Å². The van der Waals surface area contributed by atoms with Crippen molar-refractivity contribution >= 4 is 46.9 Å². The van der Waals surface area contributed by atoms with Gasteiger partial charge in [0.25, 0.3) is 5.91 Å². The van der Waals surface area contributed by atoms with Crippen LogP contribution in [-0.4, -0.2) is 28.8 Å². The van der Waals surface area contributed by atoms with Gasteiger partial charge < -0.3 is 14.7 Å². The zero-order valence-electron chi connectivity index (χ0n) is 15.8. The highest BCUT2D eigenvalue weighted by Crippen LogP contribution is 2.30. The Kier molecular flexibility index (Phi) is 7.60. The first-order chi connectivity index (χ1) is 15.1. The predicted molar refractivity (Wildman–Crippen MR) is 112 cm³/mol. The summed E-state index contributed by atoms with van der Waals surface area (Å²) in [4.78, 5) is 20.5. The fourth-order valence-corrected chi connectivity index (χ4v) is 2.96. The van der Waals surface area contributed by atoms with Crippen molar-refractivity contribution in [3.05, 3.63) is 68.5 Å². The third-order valence-electron chi connectivity index (χ3n) is 3.89. The average Bonchev–Trinajstić information content (AvgIpc) is 3.25. The van der Waals surface area contributed by atoms with Gasteiger partial charge in [-0.3, -0.25) is 4.79 Å². The van der Waals surface area contributed by atoms with Gasteiger partial charge >= 0.3 is 12.1 Å². The van der Waals surface area contributed by atoms with Crippen molar-refractivity contribution in [2.24, 2.45) is 5.16 Å². The molecule has 1 heterocycles. The van der Waals surface area contributed by atoms with E-state index in [1.165, 1.54) is 36.5 Å². The molecule has 0 fully saturated rings. The van der Waals surface area contributed by atoms with E-state index < -0.39 is 18.0 Å². The molecule has 0 aliphatic carbocycles. The van der Waals surface area contributed by atoms with Gasteiger partial charge in [0.2, 0.25) is 5.82 Å². The highest BCUT2D eigenvalue weighted by atomic mass is 35.5. The van der Waals surface area contributed by atoms with Crippen molar-refractivity contribution in [3.63, 3.8) is 0 Å². The van der Waals surface area contributed by atoms with Gasteiger partial charge in [-0.15, -0.1) is 0 Å². The van der Waals surface area contributed by atoms with Gasteiger partial charge in [0, 0.05) is 21.7 Å². The van der Waals surface area contributed by atoms with Crippen LogP contribution in [0.15, 0.2) is 46.1 Å². The molecule has 1 amide bonds. The summed E-state index contributed by atoms with van der Waals surface area (Å²) in [7, 11) is 0. The van der Waals surface area contributed by atoms with E-state index in [9.17, 15) is 18.0 Å². The van der Waals surface area contributed by atoms with Crippen molar-refractivity contribution in [2.75, 3.05) is 6.54 Å². The second-order valence-corrected chi connectivity index (χ2v) is 7.35. The van der Waals surface area contributed by atoms with Gasteiger partial charge in [0.1, 0.15) is 6.61 Å². The number of hydrogen-bond donors (Lipinski definition) is 1. The molecular weight excluding hydrogens is 496 g/mol. The minimum Gasteiger partial charge on any atom is -0.391 e. The second kappa shape index (κ2) is 10.2. The largest absolute Gasteiger partial charge is 0.471 e. The first-order valence-electron chi connectivity index (χ1n) is 8.72. The van der Waals surface area contributed by atoms with Gasteiger partial charge in [0.15, 0.2) is 0 Å². The topological polar surface area (TPSA) is 89.6 Å². The van der Waals surface area contributed by atoms with Gasteiger partial charge in [-0.05, 0) is 24.3 Å². The Bertz CT molecular complexity index is 1140. The van der Waals surface area contributed by atoms with Crippen LogP contribution in [0, 0.1) is 0 Å². The fourth-order valence-electron chi connectivity index (χ4n) is 2.34. The molecule has 0 unspecified atom stereocenters. The van der Waals surface area contributed by atoms with Crippen molar-refractivity contribution in [3.8, 4) is 11.4 Å². The maximum Gasteiger partial charge on any atom is 0.471 e. The summed E-state index contributed by atoms with van der Waals surface area (Å²) in [5, 5.41) is 10.6. The number of alkyl halides is 3. The van der Waals surface area contributed by atoms with Crippen LogP contribution < -0.4 is 5.32 Å². The van der Waals surface area contributed by atoms with Crippen LogP contribution in [0.2, 0.25) is 15.1 Å². The Morgan fingerprint density at radius 1 is 1.12 bits per heavy atom. The van der Waals surface area contributed by atoms with Gasteiger partial charge in [0.05, 0.1) is 22.8 Å². The van der Waals surface area contributed by atoms with E-state index in [4.69, 9.17) is 39.6 Å². The molecule has 168 valence electrons. The van der Waals surface area contributed by atoms with Crippen molar-refractivity contribution in [2.45, 2.75) is 12.8 Å². The fraction of sp³-hybridized carbons (Fsp3) is 0.158. The molecule has 0 aliphatic heterocycles. The van der Waals surface area contributed by atoms with Crippen LogP contribution in [0.25, 0.3) is 11.4 Å². The Morgan fingerprint density at radius 2 is 1.81 bits per heavy atom. The molecule has 2 aromatic carbocycles. The lowest BCUT2D eigenvalue weighted by Gasteiger charge is -2.05. The lowest BCUT2D eigenvalue weighted by Crippen LogP contribution is -2.25. The summed E-state index contributed by atoms with van der Waals surface area (Å²) in [5.41, 5.74) is 1.12. The minimum atomic E-state index is -4.73. The Morgan fingerprint density at radius 3 is 2.47 bits per heavy atom. The Balaban J connectivity index is 1.48. The molecule has 0 saturated heterocycles. The van der Waals surface area contributed by atoms with Crippen LogP contribution in [0.3, 0.4) is 0 Å². The highest BCUT2D eigenvalue weighted by Gasteiger charge is 2.38. The monoisotopic (exact) mass is 506 g/mol. The Hall–Kier alpha value is -2.82. The third kappa shape index (κ3) is 6.12. The molecule has 13 heteroatoms. The number of halogens is 6. The number of nitrogens with zero attached hydrogens (tertiary/aromatic N) is 3.